The van der Waals surface area contributed by atoms with Gasteiger partial charge in [0.25, 0.3) is 5.91 Å². The summed E-state index contributed by atoms with van der Waals surface area (Å²) < 4.78 is 59.6. The summed E-state index contributed by atoms with van der Waals surface area (Å²) in [4.78, 5) is 39.2. The number of aromatic nitrogens is 8. The van der Waals surface area contributed by atoms with Gasteiger partial charge in [-0.05, 0) is 56.5 Å². The quantitative estimate of drug-likeness (QED) is 0.0529. The third-order valence-corrected chi connectivity index (χ3v) is 37.7. The molecule has 4 fully saturated rings. The van der Waals surface area contributed by atoms with Crippen LogP contribution in [0.4, 0.5) is 11.6 Å². The predicted molar refractivity (Wildman–Crippen MR) is 324 cm³/mol. The normalized spacial score (nSPS) is 27.8. The monoisotopic (exact) mass is 1200 g/mol. The minimum atomic E-state index is -3.05. The van der Waals surface area contributed by atoms with Crippen LogP contribution in [-0.4, -0.2) is 138 Å². The van der Waals surface area contributed by atoms with Gasteiger partial charge in [-0.15, -0.1) is 13.2 Å². The first kappa shape index (κ1) is 63.6. The van der Waals surface area contributed by atoms with Crippen LogP contribution in [0, 0.1) is 0 Å². The molecule has 1 aromatic carbocycles. The molecule has 2 unspecified atom stereocenters. The summed E-state index contributed by atoms with van der Waals surface area (Å²) in [5.41, 5.74) is 6.37. The van der Waals surface area contributed by atoms with Gasteiger partial charge in [0.05, 0.1) is 25.9 Å². The Morgan fingerprint density at radius 2 is 1.00 bits per heavy atom. The van der Waals surface area contributed by atoms with Crippen LogP contribution in [0.2, 0.25) is 44.3 Å². The number of fused-ring (bicyclic) bond motifs is 4. The molecule has 25 heteroatoms. The van der Waals surface area contributed by atoms with E-state index in [0.717, 1.165) is 0 Å². The Hall–Kier alpha value is -4.46. The largest absolute Gasteiger partial charge is 0.414 e. The molecular weight excluding hydrogens is 1110 g/mol. The molecule has 0 saturated carbocycles. The molecule has 4 aliphatic rings. The summed E-state index contributed by atoms with van der Waals surface area (Å²) >= 11 is 0. The molecule has 4 saturated heterocycles. The van der Waals surface area contributed by atoms with Gasteiger partial charge in [0.2, 0.25) is 0 Å². The van der Waals surface area contributed by atoms with Crippen molar-refractivity contribution in [3.05, 3.63) is 86.5 Å². The maximum Gasteiger partial charge on any atom is 0.335 e. The highest BCUT2D eigenvalue weighted by atomic mass is 28.5. The summed E-state index contributed by atoms with van der Waals surface area (Å²) in [6.07, 6.45) is 5.31. The highest BCUT2D eigenvalue weighted by Crippen LogP contribution is 2.54. The van der Waals surface area contributed by atoms with Crippen molar-refractivity contribution in [1.82, 2.24) is 39.0 Å². The Morgan fingerprint density at radius 1 is 0.610 bits per heavy atom. The van der Waals surface area contributed by atoms with E-state index in [1.54, 1.807) is 58.2 Å². The zero-order valence-corrected chi connectivity index (χ0v) is 54.9. The van der Waals surface area contributed by atoms with Gasteiger partial charge in [-0.1, -0.05) is 141 Å². The number of rotatable bonds is 16. The van der Waals surface area contributed by atoms with E-state index < -0.39 is 82.3 Å². The Morgan fingerprint density at radius 3 is 1.40 bits per heavy atom. The smallest absolute Gasteiger partial charge is 0.335 e. The van der Waals surface area contributed by atoms with Crippen molar-refractivity contribution < 1.29 is 50.4 Å². The van der Waals surface area contributed by atoms with E-state index in [4.69, 9.17) is 41.1 Å². The number of benzene rings is 1. The van der Waals surface area contributed by atoms with Crippen molar-refractivity contribution in [3.63, 3.8) is 0 Å². The lowest BCUT2D eigenvalue weighted by atomic mass is 9.90. The molecular formula is C57H90N10O11Si4. The zero-order valence-electron chi connectivity index (χ0n) is 50.9. The number of imidazole rings is 2. The van der Waals surface area contributed by atoms with Crippen molar-refractivity contribution in [1.29, 1.82) is 0 Å². The summed E-state index contributed by atoms with van der Waals surface area (Å²) in [5, 5.41) is 27.9. The first-order valence-corrected chi connectivity index (χ1v) is 37.0. The number of hydrogen-bond donors (Lipinski definition) is 4. The molecule has 5 aromatic rings. The van der Waals surface area contributed by atoms with Crippen LogP contribution in [0.3, 0.4) is 0 Å². The van der Waals surface area contributed by atoms with E-state index in [1.165, 1.54) is 12.7 Å². The lowest BCUT2D eigenvalue weighted by Gasteiger charge is -2.52. The van der Waals surface area contributed by atoms with E-state index >= 15 is 0 Å². The van der Waals surface area contributed by atoms with Crippen LogP contribution in [0.25, 0.3) is 22.3 Å². The number of carbonyl (C=O) groups is 1. The fourth-order valence-corrected chi connectivity index (χ4v) is 35.4. The van der Waals surface area contributed by atoms with Crippen LogP contribution in [0.15, 0.2) is 81.0 Å². The number of hydrogen-bond acceptors (Lipinski definition) is 18. The third kappa shape index (κ3) is 11.0. The lowest BCUT2D eigenvalue weighted by molar-refractivity contribution is -0.104. The fraction of sp³-hybridized carbons (Fsp3) is 0.632. The van der Waals surface area contributed by atoms with Crippen molar-refractivity contribution in [2.24, 2.45) is 0 Å². The molecule has 21 nitrogen and oxygen atoms in total. The number of carbonyl (C=O) groups excluding carboxylic acids is 1. The second-order valence-electron chi connectivity index (χ2n) is 25.0. The van der Waals surface area contributed by atoms with E-state index in [9.17, 15) is 15.0 Å². The van der Waals surface area contributed by atoms with Crippen molar-refractivity contribution in [3.8, 4) is 0 Å². The van der Waals surface area contributed by atoms with Gasteiger partial charge in [-0.3, -0.25) is 13.9 Å². The number of aliphatic hydroxyl groups is 2. The Balaban J connectivity index is 0.000000219. The van der Waals surface area contributed by atoms with Gasteiger partial charge in [-0.2, -0.15) is 0 Å². The second-order valence-corrected chi connectivity index (χ2v) is 42.7. The molecule has 1 amide bonds. The van der Waals surface area contributed by atoms with Crippen molar-refractivity contribution in [2.45, 2.75) is 216 Å². The zero-order chi connectivity index (χ0) is 60.1. The van der Waals surface area contributed by atoms with Gasteiger partial charge >= 0.3 is 34.2 Å². The van der Waals surface area contributed by atoms with Gasteiger partial charge in [-0.25, -0.2) is 29.9 Å². The van der Waals surface area contributed by atoms with E-state index in [-0.39, 0.29) is 87.9 Å². The molecule has 8 heterocycles. The minimum Gasteiger partial charge on any atom is -0.414 e. The van der Waals surface area contributed by atoms with Gasteiger partial charge in [0.15, 0.2) is 40.9 Å². The molecule has 0 bridgehead atoms. The maximum atomic E-state index is 12.9. The summed E-state index contributed by atoms with van der Waals surface area (Å²) in [5.74, 6) is 0.206. The number of ether oxygens (including phenoxy) is 2. The number of nitrogens with zero attached hydrogens (tertiary/aromatic N) is 8. The third-order valence-electron chi connectivity index (χ3n) is 17.2. The highest BCUT2D eigenvalue weighted by Gasteiger charge is 2.67. The van der Waals surface area contributed by atoms with Gasteiger partial charge in [0.1, 0.15) is 53.8 Å². The Kier molecular flexibility index (Phi) is 19.0. The van der Waals surface area contributed by atoms with E-state index in [0.29, 0.717) is 27.9 Å². The van der Waals surface area contributed by atoms with E-state index in [1.807, 2.05) is 6.07 Å². The summed E-state index contributed by atoms with van der Waals surface area (Å²) in [6, 6.07) is 8.88. The lowest BCUT2D eigenvalue weighted by Crippen LogP contribution is -2.67. The molecule has 8 atom stereocenters. The van der Waals surface area contributed by atoms with Crippen LogP contribution in [0.1, 0.15) is 146 Å². The fourth-order valence-electron chi connectivity index (χ4n) is 12.9. The molecule has 450 valence electrons. The van der Waals surface area contributed by atoms with Crippen LogP contribution >= 0.6 is 0 Å². The number of anilines is 2. The van der Waals surface area contributed by atoms with Crippen LogP contribution < -0.4 is 11.1 Å². The second kappa shape index (κ2) is 24.5. The average molecular weight is 1200 g/mol. The van der Waals surface area contributed by atoms with Crippen LogP contribution in [0.5, 0.6) is 0 Å². The molecule has 82 heavy (non-hydrogen) atoms. The van der Waals surface area contributed by atoms with Crippen molar-refractivity contribution in [2.75, 3.05) is 24.3 Å². The summed E-state index contributed by atoms with van der Waals surface area (Å²) in [7, 11) is -11.6. The minimum absolute atomic E-state index is 0.0776. The Bertz CT molecular complexity index is 3010. The summed E-state index contributed by atoms with van der Waals surface area (Å²) in [6.45, 7) is 43.0. The standard InChI is InChI=1S/C32H47N5O6Si2.C25H43N5O5Si2/c1-10-16-32(39)27-25(17-40-44(20(2)3,21(4)5)43-45(42-27,22(6)7)23(8)9)41-31(32)37-19-35-26-28(33-18-34-29(26)37)36-30(38)24-14-12-11-13-15-24;1-10-11-25(31)21-19(33-24(25)30-14-29-20-22(26)27-13-28-23(20)30)12-32-36(15(2)3,16(4)5)35-37(34-21,17(6)7)18(8)9/h10-15,18-23,25,27,31,39H,1,16-17H2,2-9H3,(H,33,34,36,38);10,13-19,21,24,31H,1,11-12H2,2-9H3,(H2,26,27,28)/t25-,27-,31?,32-;19-,21-,24?,25-/m11/s1. The molecule has 4 aliphatic heterocycles. The number of nitrogens with two attached hydrogens (primary N) is 1. The first-order chi connectivity index (χ1) is 38.6. The maximum absolute atomic E-state index is 12.9. The first-order valence-electron chi connectivity index (χ1n) is 29.1. The van der Waals surface area contributed by atoms with E-state index in [2.05, 4.69) is 159 Å². The number of amides is 1. The molecule has 0 radical (unpaired) electrons. The van der Waals surface area contributed by atoms with Gasteiger partial charge < -0.3 is 56.7 Å². The van der Waals surface area contributed by atoms with Crippen LogP contribution in [-0.2, 0) is 35.4 Å². The molecule has 0 spiro atoms. The molecule has 4 aromatic heterocycles. The van der Waals surface area contributed by atoms with Crippen molar-refractivity contribution >= 4 is 74.1 Å². The predicted octanol–water partition coefficient (Wildman–Crippen LogP) is 10.8. The SMILES string of the molecule is C=CC[C@]1(O)C(n2cnc3c(N)ncnc32)O[C@@H]2CO[Si](C(C)C)(C(C)C)O[Si](C(C)C)(C(C)C)O[C@H]21.C=CC[C@]1(O)C(n2cnc3c(NC(=O)c4ccccc4)ncnc32)O[C@@H]2CO[Si](C(C)C)(C(C)C)O[Si](C(C)C)(C(C)C)O[C@H]21. The Labute approximate surface area is 488 Å². The molecule has 0 aliphatic carbocycles. The molecule has 9 rings (SSSR count). The number of nitrogen functional groups attached to an aromatic ring is 1. The number of nitrogens with one attached hydrogen (secondary N) is 1. The highest BCUT2D eigenvalue weighted by molar-refractivity contribution is 6.84. The molecule has 5 N–H and O–H groups in total. The topological polar surface area (TPSA) is 257 Å². The van der Waals surface area contributed by atoms with Gasteiger partial charge in [0, 0.05) is 18.4 Å². The average Bonchev–Trinajstić information content (AvgIpc) is 2.66.